The van der Waals surface area contributed by atoms with Gasteiger partial charge in [0.05, 0.1) is 0 Å². The molecule has 7 aromatic rings. The van der Waals surface area contributed by atoms with Crippen molar-refractivity contribution in [2.24, 2.45) is 0 Å². The summed E-state index contributed by atoms with van der Waals surface area (Å²) in [5, 5.41) is 3.49. The summed E-state index contributed by atoms with van der Waals surface area (Å²) in [6.07, 6.45) is 5.67. The van der Waals surface area contributed by atoms with E-state index in [1.165, 1.54) is 49.9 Å². The molecular weight excluding hydrogens is 428 g/mol. The van der Waals surface area contributed by atoms with Crippen LogP contribution in [0.1, 0.15) is 22.3 Å². The molecule has 0 aliphatic heterocycles. The highest BCUT2D eigenvalue weighted by Crippen LogP contribution is 2.49. The average Bonchev–Trinajstić information content (AvgIpc) is 3.58. The van der Waals surface area contributed by atoms with E-state index < -0.39 is 0 Å². The lowest BCUT2D eigenvalue weighted by atomic mass is 9.95. The third-order valence-corrected chi connectivity index (χ3v) is 7.91. The van der Waals surface area contributed by atoms with Crippen molar-refractivity contribution in [1.29, 1.82) is 0 Å². The van der Waals surface area contributed by atoms with E-state index in [4.69, 9.17) is 9.97 Å². The van der Waals surface area contributed by atoms with E-state index in [-0.39, 0.29) is 0 Å². The Bertz CT molecular complexity index is 2070. The van der Waals surface area contributed by atoms with Crippen LogP contribution in [0, 0.1) is 0 Å². The maximum Gasteiger partial charge on any atom is 0.166 e. The van der Waals surface area contributed by atoms with Crippen molar-refractivity contribution in [1.82, 2.24) is 19.4 Å². The summed E-state index contributed by atoms with van der Waals surface area (Å²) in [5.74, 6) is 0. The standard InChI is InChI=1S/C31H18N4/c1-2-6-20-17(5-1)13-18-9-10-21-23-16-26-24(14-19(23)15-25(21)28(18)20)22-7-3-11-32-29(22)35-30(26)34-27-8-4-12-33-31(27)35/h1-12,14,16H,13,15H2. The van der Waals surface area contributed by atoms with Gasteiger partial charge in [0, 0.05) is 23.2 Å². The second kappa shape index (κ2) is 6.10. The Morgan fingerprint density at radius 1 is 0.571 bits per heavy atom. The van der Waals surface area contributed by atoms with Gasteiger partial charge in [-0.2, -0.15) is 0 Å². The first-order valence-electron chi connectivity index (χ1n) is 12.0. The van der Waals surface area contributed by atoms with Gasteiger partial charge in [-0.25, -0.2) is 15.0 Å². The van der Waals surface area contributed by atoms with Gasteiger partial charge in [-0.3, -0.25) is 4.40 Å². The normalized spacial score (nSPS) is 13.5. The first-order chi connectivity index (χ1) is 17.3. The molecule has 0 saturated carbocycles. The predicted molar refractivity (Wildman–Crippen MR) is 140 cm³/mol. The topological polar surface area (TPSA) is 43.1 Å². The second-order valence-corrected chi connectivity index (χ2v) is 9.68. The van der Waals surface area contributed by atoms with Gasteiger partial charge in [-0.15, -0.1) is 0 Å². The van der Waals surface area contributed by atoms with E-state index in [1.807, 2.05) is 30.6 Å². The van der Waals surface area contributed by atoms with Gasteiger partial charge in [-0.05, 0) is 99.1 Å². The number of hydrogen-bond acceptors (Lipinski definition) is 3. The zero-order valence-electron chi connectivity index (χ0n) is 18.8. The molecule has 4 heterocycles. The molecule has 35 heavy (non-hydrogen) atoms. The molecule has 0 unspecified atom stereocenters. The minimum absolute atomic E-state index is 0.850. The third-order valence-electron chi connectivity index (χ3n) is 7.91. The molecule has 0 N–H and O–H groups in total. The molecule has 0 radical (unpaired) electrons. The fourth-order valence-corrected chi connectivity index (χ4v) is 6.46. The molecule has 0 fully saturated rings. The van der Waals surface area contributed by atoms with Gasteiger partial charge >= 0.3 is 0 Å². The van der Waals surface area contributed by atoms with Crippen LogP contribution in [-0.2, 0) is 12.8 Å². The van der Waals surface area contributed by atoms with Crippen molar-refractivity contribution < 1.29 is 0 Å². The molecule has 162 valence electrons. The van der Waals surface area contributed by atoms with E-state index in [9.17, 15) is 0 Å². The average molecular weight is 447 g/mol. The van der Waals surface area contributed by atoms with Crippen LogP contribution >= 0.6 is 0 Å². The van der Waals surface area contributed by atoms with Gasteiger partial charge in [0.15, 0.2) is 5.65 Å². The van der Waals surface area contributed by atoms with Crippen molar-refractivity contribution in [2.45, 2.75) is 12.8 Å². The van der Waals surface area contributed by atoms with Crippen LogP contribution in [0.3, 0.4) is 0 Å². The first-order valence-corrected chi connectivity index (χ1v) is 12.0. The molecule has 0 bridgehead atoms. The number of imidazole rings is 1. The number of rotatable bonds is 0. The molecule has 3 aromatic carbocycles. The molecule has 4 heteroatoms. The molecule has 0 amide bonds. The minimum atomic E-state index is 0.850. The second-order valence-electron chi connectivity index (χ2n) is 9.68. The minimum Gasteiger partial charge on any atom is -0.260 e. The van der Waals surface area contributed by atoms with Crippen molar-refractivity contribution >= 4 is 38.6 Å². The molecule has 2 aliphatic rings. The number of pyridine rings is 3. The molecule has 9 rings (SSSR count). The van der Waals surface area contributed by atoms with Crippen molar-refractivity contribution in [2.75, 3.05) is 0 Å². The van der Waals surface area contributed by atoms with Crippen LogP contribution < -0.4 is 0 Å². The molecule has 0 spiro atoms. The van der Waals surface area contributed by atoms with Crippen LogP contribution in [0.5, 0.6) is 0 Å². The lowest BCUT2D eigenvalue weighted by molar-refractivity contribution is 1.19. The monoisotopic (exact) mass is 446 g/mol. The molecule has 0 atom stereocenters. The predicted octanol–water partition coefficient (Wildman–Crippen LogP) is 6.73. The zero-order valence-corrected chi connectivity index (χ0v) is 18.8. The summed E-state index contributed by atoms with van der Waals surface area (Å²) in [7, 11) is 0. The SMILES string of the molecule is c1ccc2c(c1)Cc1ccc3c(c1-2)Cc1cc2c4cccnc4n4c5ncccc5nc4c2cc1-3. The Hall–Kier alpha value is -4.57. The Balaban J connectivity index is 1.41. The fourth-order valence-electron chi connectivity index (χ4n) is 6.46. The molecule has 0 saturated heterocycles. The van der Waals surface area contributed by atoms with Crippen molar-refractivity contribution in [3.05, 3.63) is 107 Å². The largest absolute Gasteiger partial charge is 0.260 e. The zero-order chi connectivity index (χ0) is 22.7. The first kappa shape index (κ1) is 17.8. The van der Waals surface area contributed by atoms with Crippen molar-refractivity contribution in [3.63, 3.8) is 0 Å². The van der Waals surface area contributed by atoms with E-state index >= 15 is 0 Å². The van der Waals surface area contributed by atoms with Crippen LogP contribution in [0.4, 0.5) is 0 Å². The van der Waals surface area contributed by atoms with E-state index in [2.05, 4.69) is 64.0 Å². The van der Waals surface area contributed by atoms with Gasteiger partial charge in [0.2, 0.25) is 0 Å². The lowest BCUT2D eigenvalue weighted by Crippen LogP contribution is -1.95. The van der Waals surface area contributed by atoms with Crippen LogP contribution in [0.2, 0.25) is 0 Å². The Morgan fingerprint density at radius 3 is 2.43 bits per heavy atom. The number of nitrogens with zero attached hydrogens (tertiary/aromatic N) is 4. The number of aromatic nitrogens is 4. The van der Waals surface area contributed by atoms with E-state index in [0.717, 1.165) is 46.1 Å². The summed E-state index contributed by atoms with van der Waals surface area (Å²) in [6.45, 7) is 0. The van der Waals surface area contributed by atoms with Crippen LogP contribution in [-0.4, -0.2) is 19.4 Å². The fraction of sp³-hybridized carbons (Fsp3) is 0.0645. The molecular formula is C31H18N4. The Kier molecular flexibility index (Phi) is 3.11. The Morgan fingerprint density at radius 2 is 1.46 bits per heavy atom. The number of fused-ring (bicyclic) bond motifs is 15. The van der Waals surface area contributed by atoms with E-state index in [0.29, 0.717) is 0 Å². The number of benzene rings is 3. The maximum atomic E-state index is 5.02. The maximum absolute atomic E-state index is 5.02. The summed E-state index contributed by atoms with van der Waals surface area (Å²) in [5.41, 5.74) is 14.8. The summed E-state index contributed by atoms with van der Waals surface area (Å²) in [6, 6.07) is 26.4. The van der Waals surface area contributed by atoms with Crippen molar-refractivity contribution in [3.8, 4) is 22.3 Å². The third kappa shape index (κ3) is 2.15. The van der Waals surface area contributed by atoms with Gasteiger partial charge in [0.1, 0.15) is 16.8 Å². The summed E-state index contributed by atoms with van der Waals surface area (Å²) >= 11 is 0. The van der Waals surface area contributed by atoms with E-state index in [1.54, 1.807) is 0 Å². The highest BCUT2D eigenvalue weighted by atomic mass is 15.1. The Labute approximate surface area is 200 Å². The smallest absolute Gasteiger partial charge is 0.166 e. The lowest BCUT2D eigenvalue weighted by Gasteiger charge is -2.10. The number of hydrogen-bond donors (Lipinski definition) is 0. The highest BCUT2D eigenvalue weighted by molar-refractivity contribution is 6.14. The molecule has 4 nitrogen and oxygen atoms in total. The van der Waals surface area contributed by atoms with Crippen LogP contribution in [0.25, 0.3) is 60.9 Å². The highest BCUT2D eigenvalue weighted by Gasteiger charge is 2.29. The summed E-state index contributed by atoms with van der Waals surface area (Å²) in [4.78, 5) is 14.4. The van der Waals surface area contributed by atoms with Gasteiger partial charge in [-0.1, -0.05) is 36.4 Å². The molecule has 2 aliphatic carbocycles. The quantitative estimate of drug-likeness (QED) is 0.243. The molecule has 4 aromatic heterocycles. The van der Waals surface area contributed by atoms with Gasteiger partial charge < -0.3 is 0 Å². The summed E-state index contributed by atoms with van der Waals surface area (Å²) < 4.78 is 2.12. The van der Waals surface area contributed by atoms with Gasteiger partial charge in [0.25, 0.3) is 0 Å². The van der Waals surface area contributed by atoms with Crippen LogP contribution in [0.15, 0.2) is 85.2 Å².